The van der Waals surface area contributed by atoms with E-state index in [1.165, 1.54) is 21.5 Å². The zero-order chi connectivity index (χ0) is 34.9. The monoisotopic (exact) mass is 679 g/mol. The van der Waals surface area contributed by atoms with Crippen molar-refractivity contribution >= 4 is 82.6 Å². The lowest BCUT2D eigenvalue weighted by Gasteiger charge is -2.26. The molecule has 11 aromatic rings. The second kappa shape index (κ2) is 11.7. The highest BCUT2D eigenvalue weighted by Gasteiger charge is 2.22. The van der Waals surface area contributed by atoms with Crippen LogP contribution in [-0.4, -0.2) is 9.97 Å². The van der Waals surface area contributed by atoms with Crippen molar-refractivity contribution in [3.63, 3.8) is 0 Å². The minimum Gasteiger partial charge on any atom is -0.456 e. The fourth-order valence-electron chi connectivity index (χ4n) is 7.72. The second-order valence-electron chi connectivity index (χ2n) is 13.4. The van der Waals surface area contributed by atoms with Gasteiger partial charge >= 0.3 is 0 Å². The van der Waals surface area contributed by atoms with Gasteiger partial charge in [0.25, 0.3) is 0 Å². The van der Waals surface area contributed by atoms with Crippen molar-refractivity contribution in [1.29, 1.82) is 0 Å². The number of hydrogen-bond donors (Lipinski definition) is 0. The standard InChI is InChI=1S/C48H29N3O2/c1-2-13-32(14-3-1)45-47-46(39-17-8-9-19-41(39)53-47)50-48(49-45)40-18-10-20-42-44(40)38-26-25-37(29-43(38)52-42)51(35-23-21-30-11-4-6-15-33(30)27-35)36-24-22-31-12-5-7-16-34(31)28-36/h1-29H. The number of furan rings is 2. The molecule has 248 valence electrons. The van der Waals surface area contributed by atoms with Gasteiger partial charge in [-0.2, -0.15) is 0 Å². The molecular formula is C48H29N3O2. The van der Waals surface area contributed by atoms with Crippen LogP contribution >= 0.6 is 0 Å². The number of rotatable bonds is 5. The first-order chi connectivity index (χ1) is 26.2. The summed E-state index contributed by atoms with van der Waals surface area (Å²) < 4.78 is 13.1. The molecule has 5 nitrogen and oxygen atoms in total. The molecule has 5 heteroatoms. The van der Waals surface area contributed by atoms with Crippen LogP contribution < -0.4 is 4.90 Å². The topological polar surface area (TPSA) is 55.3 Å². The third-order valence-electron chi connectivity index (χ3n) is 10.2. The average molecular weight is 680 g/mol. The van der Waals surface area contributed by atoms with E-state index in [1.54, 1.807) is 0 Å². The third-order valence-corrected chi connectivity index (χ3v) is 10.2. The fourth-order valence-corrected chi connectivity index (χ4v) is 7.72. The van der Waals surface area contributed by atoms with Gasteiger partial charge in [0.15, 0.2) is 11.4 Å². The van der Waals surface area contributed by atoms with E-state index in [0.717, 1.165) is 72.3 Å². The molecule has 0 radical (unpaired) electrons. The van der Waals surface area contributed by atoms with E-state index in [4.69, 9.17) is 18.8 Å². The minimum atomic E-state index is 0.620. The van der Waals surface area contributed by atoms with Crippen LogP contribution in [0.4, 0.5) is 17.1 Å². The van der Waals surface area contributed by atoms with E-state index in [1.807, 2.05) is 48.5 Å². The lowest BCUT2D eigenvalue weighted by molar-refractivity contribution is 0.667. The molecule has 3 heterocycles. The largest absolute Gasteiger partial charge is 0.456 e. The van der Waals surface area contributed by atoms with Gasteiger partial charge in [-0.15, -0.1) is 0 Å². The molecule has 0 amide bonds. The first kappa shape index (κ1) is 29.5. The number of hydrogen-bond acceptors (Lipinski definition) is 5. The highest BCUT2D eigenvalue weighted by atomic mass is 16.3. The van der Waals surface area contributed by atoms with Gasteiger partial charge in [0.2, 0.25) is 0 Å². The summed E-state index contributed by atoms with van der Waals surface area (Å²) in [5.74, 6) is 0.620. The van der Waals surface area contributed by atoms with Crippen molar-refractivity contribution in [1.82, 2.24) is 9.97 Å². The van der Waals surface area contributed by atoms with Crippen molar-refractivity contribution in [3.8, 4) is 22.6 Å². The lowest BCUT2D eigenvalue weighted by atomic mass is 10.0. The third kappa shape index (κ3) is 4.79. The van der Waals surface area contributed by atoms with Crippen LogP contribution in [0.2, 0.25) is 0 Å². The van der Waals surface area contributed by atoms with Crippen molar-refractivity contribution in [3.05, 3.63) is 176 Å². The van der Waals surface area contributed by atoms with Gasteiger partial charge in [0, 0.05) is 50.4 Å². The van der Waals surface area contributed by atoms with Gasteiger partial charge in [-0.1, -0.05) is 115 Å². The van der Waals surface area contributed by atoms with Crippen molar-refractivity contribution in [2.24, 2.45) is 0 Å². The molecule has 0 N–H and O–H groups in total. The van der Waals surface area contributed by atoms with Crippen LogP contribution in [0, 0.1) is 0 Å². The Morgan fingerprint density at radius 1 is 0.415 bits per heavy atom. The molecule has 0 spiro atoms. The molecule has 0 saturated carbocycles. The SMILES string of the molecule is c1ccc(-c2nc(-c3cccc4oc5cc(N(c6ccc7ccccc7c6)c6ccc7ccccc7c6)ccc5c34)nc3c2oc2ccccc23)cc1. The van der Waals surface area contributed by atoms with Crippen molar-refractivity contribution in [2.45, 2.75) is 0 Å². The molecule has 11 rings (SSSR count). The Morgan fingerprint density at radius 2 is 1.04 bits per heavy atom. The maximum Gasteiger partial charge on any atom is 0.180 e. The molecular weight excluding hydrogens is 651 g/mol. The summed E-state index contributed by atoms with van der Waals surface area (Å²) in [6.45, 7) is 0. The molecule has 0 atom stereocenters. The molecule has 3 aromatic heterocycles. The zero-order valence-electron chi connectivity index (χ0n) is 28.4. The number of fused-ring (bicyclic) bond motifs is 8. The quantitative estimate of drug-likeness (QED) is 0.181. The number of para-hydroxylation sites is 1. The molecule has 0 unspecified atom stereocenters. The Hall–Kier alpha value is -7.24. The van der Waals surface area contributed by atoms with E-state index in [0.29, 0.717) is 11.4 Å². The molecule has 0 saturated heterocycles. The van der Waals surface area contributed by atoms with Gasteiger partial charge in [0.05, 0.1) is 0 Å². The van der Waals surface area contributed by atoms with Crippen LogP contribution in [0.3, 0.4) is 0 Å². The Morgan fingerprint density at radius 3 is 1.79 bits per heavy atom. The number of anilines is 3. The van der Waals surface area contributed by atoms with Gasteiger partial charge in [-0.25, -0.2) is 9.97 Å². The molecule has 0 aliphatic rings. The summed E-state index contributed by atoms with van der Waals surface area (Å²) in [7, 11) is 0. The summed E-state index contributed by atoms with van der Waals surface area (Å²) in [6, 6.07) is 61.0. The average Bonchev–Trinajstić information content (AvgIpc) is 3.79. The lowest BCUT2D eigenvalue weighted by Crippen LogP contribution is -2.09. The summed E-state index contributed by atoms with van der Waals surface area (Å²) in [6.07, 6.45) is 0. The van der Waals surface area contributed by atoms with Crippen molar-refractivity contribution < 1.29 is 8.83 Å². The Bertz CT molecular complexity index is 3120. The van der Waals surface area contributed by atoms with Gasteiger partial charge in [-0.05, 0) is 76.1 Å². The molecule has 0 fully saturated rings. The normalized spacial score (nSPS) is 11.8. The molecule has 53 heavy (non-hydrogen) atoms. The Balaban J connectivity index is 1.11. The number of benzene rings is 8. The molecule has 0 aliphatic carbocycles. The van der Waals surface area contributed by atoms with Crippen LogP contribution in [-0.2, 0) is 0 Å². The molecule has 8 aromatic carbocycles. The molecule has 0 aliphatic heterocycles. The number of nitrogens with zero attached hydrogens (tertiary/aromatic N) is 3. The van der Waals surface area contributed by atoms with Crippen molar-refractivity contribution in [2.75, 3.05) is 4.90 Å². The predicted octanol–water partition coefficient (Wildman–Crippen LogP) is 13.4. The van der Waals surface area contributed by atoms with E-state index in [9.17, 15) is 0 Å². The summed E-state index contributed by atoms with van der Waals surface area (Å²) in [5.41, 5.74) is 9.58. The van der Waals surface area contributed by atoms with E-state index < -0.39 is 0 Å². The first-order valence-corrected chi connectivity index (χ1v) is 17.7. The summed E-state index contributed by atoms with van der Waals surface area (Å²) in [4.78, 5) is 12.7. The summed E-state index contributed by atoms with van der Waals surface area (Å²) >= 11 is 0. The summed E-state index contributed by atoms with van der Waals surface area (Å²) in [5, 5.41) is 7.70. The first-order valence-electron chi connectivity index (χ1n) is 17.7. The maximum atomic E-state index is 6.67. The van der Waals surface area contributed by atoms with E-state index >= 15 is 0 Å². The van der Waals surface area contributed by atoms with Crippen LogP contribution in [0.25, 0.3) is 88.2 Å². The molecule has 0 bridgehead atoms. The van der Waals surface area contributed by atoms with E-state index in [-0.39, 0.29) is 0 Å². The van der Waals surface area contributed by atoms with Gasteiger partial charge in [0.1, 0.15) is 28.0 Å². The van der Waals surface area contributed by atoms with Gasteiger partial charge in [-0.3, -0.25) is 0 Å². The van der Waals surface area contributed by atoms with Crippen LogP contribution in [0.15, 0.2) is 185 Å². The van der Waals surface area contributed by atoms with Gasteiger partial charge < -0.3 is 13.7 Å². The van der Waals surface area contributed by atoms with Crippen LogP contribution in [0.5, 0.6) is 0 Å². The van der Waals surface area contributed by atoms with E-state index in [2.05, 4.69) is 132 Å². The maximum absolute atomic E-state index is 6.67. The number of aromatic nitrogens is 2. The smallest absolute Gasteiger partial charge is 0.180 e. The minimum absolute atomic E-state index is 0.620. The predicted molar refractivity (Wildman–Crippen MR) is 217 cm³/mol. The second-order valence-corrected chi connectivity index (χ2v) is 13.4. The highest BCUT2D eigenvalue weighted by Crippen LogP contribution is 2.43. The van der Waals surface area contributed by atoms with Crippen LogP contribution in [0.1, 0.15) is 0 Å². The highest BCUT2D eigenvalue weighted by molar-refractivity contribution is 6.14. The Kier molecular flexibility index (Phi) is 6.48. The fraction of sp³-hybridized carbons (Fsp3) is 0. The Labute approximate surface area is 304 Å². The zero-order valence-corrected chi connectivity index (χ0v) is 28.4.